The normalized spacial score (nSPS) is 11.3. The Hall–Kier alpha value is -2.86. The summed E-state index contributed by atoms with van der Waals surface area (Å²) in [6, 6.07) is 0. The van der Waals surface area contributed by atoms with Crippen molar-refractivity contribution in [2.75, 3.05) is 0 Å². The predicted molar refractivity (Wildman–Crippen MR) is 79.0 cm³/mol. The summed E-state index contributed by atoms with van der Waals surface area (Å²) in [5.41, 5.74) is -2.74. The molecule has 0 amide bonds. The van der Waals surface area contributed by atoms with E-state index in [1.807, 2.05) is 0 Å². The van der Waals surface area contributed by atoms with E-state index in [9.17, 15) is 42.6 Å². The Labute approximate surface area is 151 Å². The van der Waals surface area contributed by atoms with Crippen molar-refractivity contribution >= 4 is 40.0 Å². The van der Waals surface area contributed by atoms with Gasteiger partial charge in [-0.05, 0) is 0 Å². The van der Waals surface area contributed by atoms with Crippen LogP contribution in [0, 0.1) is 0 Å². The molecule has 0 rings (SSSR count). The van der Waals surface area contributed by atoms with Gasteiger partial charge < -0.3 is 52.5 Å². The number of rotatable bonds is 9. The molecule has 0 aliphatic heterocycles. The number of hydrogen-bond donors (Lipinski definition) is 7. The lowest BCUT2D eigenvalue weighted by Gasteiger charge is -2.18. The van der Waals surface area contributed by atoms with Gasteiger partial charge in [-0.25, -0.2) is 4.79 Å². The summed E-state index contributed by atoms with van der Waals surface area (Å²) >= 11 is 0. The highest BCUT2D eigenvalue weighted by molar-refractivity contribution is 7.87. The summed E-state index contributed by atoms with van der Waals surface area (Å²) in [4.78, 5) is 50.2. The van der Waals surface area contributed by atoms with E-state index in [0.717, 1.165) is 0 Å². The van der Waals surface area contributed by atoms with E-state index < -0.39 is 70.1 Å². The first-order valence-electron chi connectivity index (χ1n) is 5.79. The SMILES string of the molecule is O=C(O)CC(O)(CC(=O)O)C(=O)O.O=C([O-])CC(C(=O)[O-])S(=O)(=O)O.[NH4+].[NH4+]. The highest BCUT2D eigenvalue weighted by atomic mass is 32.2. The van der Waals surface area contributed by atoms with Crippen LogP contribution in [-0.2, 0) is 34.1 Å². The molecule has 17 heteroatoms. The third-order valence-electron chi connectivity index (χ3n) is 2.26. The van der Waals surface area contributed by atoms with E-state index in [-0.39, 0.29) is 12.3 Å². The number of quaternary nitrogens is 2. The molecule has 0 aromatic heterocycles. The van der Waals surface area contributed by atoms with Gasteiger partial charge in [-0.2, -0.15) is 8.42 Å². The molecule has 0 radical (unpaired) electrons. The van der Waals surface area contributed by atoms with Crippen molar-refractivity contribution < 1.29 is 67.6 Å². The van der Waals surface area contributed by atoms with Crippen LogP contribution in [-0.4, -0.2) is 74.1 Å². The Bertz CT molecular complexity index is 641. The average Bonchev–Trinajstić information content (AvgIpc) is 2.32. The second-order valence-electron chi connectivity index (χ2n) is 4.38. The summed E-state index contributed by atoms with van der Waals surface area (Å²) in [6.45, 7) is 0. The zero-order valence-electron chi connectivity index (χ0n) is 14.0. The molecular formula is C10H20N2O14S. The predicted octanol–water partition coefficient (Wildman–Crippen LogP) is -4.36. The summed E-state index contributed by atoms with van der Waals surface area (Å²) < 4.78 is 28.5. The maximum atomic E-state index is 10.3. The standard InChI is InChI=1S/C6H8O7.C4H6O7S.2H3N/c7-3(8)1-6(13,5(11)12)2-4(9)10;5-3(6)1-2(4(7)8)12(9,10)11;;/h13H,1-2H2,(H,7,8)(H,9,10)(H,11,12);2H,1H2,(H,5,6)(H,7,8)(H,9,10,11);2*1H3. The summed E-state index contributed by atoms with van der Waals surface area (Å²) in [7, 11) is -4.94. The van der Waals surface area contributed by atoms with Gasteiger partial charge in [0.1, 0.15) is 5.25 Å². The van der Waals surface area contributed by atoms with Crippen LogP contribution in [0.4, 0.5) is 0 Å². The zero-order chi connectivity index (χ0) is 20.6. The van der Waals surface area contributed by atoms with Gasteiger partial charge in [-0.15, -0.1) is 0 Å². The fourth-order valence-corrected chi connectivity index (χ4v) is 1.77. The van der Waals surface area contributed by atoms with Crippen LogP contribution >= 0.6 is 0 Å². The van der Waals surface area contributed by atoms with Crippen LogP contribution in [0.2, 0.25) is 0 Å². The van der Waals surface area contributed by atoms with Crippen LogP contribution < -0.4 is 22.5 Å². The van der Waals surface area contributed by atoms with Gasteiger partial charge in [0.25, 0.3) is 10.1 Å². The lowest BCUT2D eigenvalue weighted by molar-refractivity contribution is -0.314. The third kappa shape index (κ3) is 14.0. The van der Waals surface area contributed by atoms with Crippen LogP contribution in [0.15, 0.2) is 0 Å². The monoisotopic (exact) mass is 424 g/mol. The lowest BCUT2D eigenvalue weighted by atomic mass is 9.96. The van der Waals surface area contributed by atoms with Crippen molar-refractivity contribution in [2.24, 2.45) is 0 Å². The van der Waals surface area contributed by atoms with Gasteiger partial charge in [0.2, 0.25) is 0 Å². The van der Waals surface area contributed by atoms with E-state index in [4.69, 9.17) is 25.0 Å². The third-order valence-corrected chi connectivity index (χ3v) is 3.34. The molecule has 0 aromatic carbocycles. The molecule has 160 valence electrons. The smallest absolute Gasteiger partial charge is 0.336 e. The molecule has 0 aromatic rings. The van der Waals surface area contributed by atoms with Crippen LogP contribution in [0.5, 0.6) is 0 Å². The van der Waals surface area contributed by atoms with Crippen LogP contribution in [0.1, 0.15) is 19.3 Å². The van der Waals surface area contributed by atoms with Crippen molar-refractivity contribution in [1.29, 1.82) is 0 Å². The van der Waals surface area contributed by atoms with Crippen LogP contribution in [0.3, 0.4) is 0 Å². The van der Waals surface area contributed by atoms with E-state index in [1.165, 1.54) is 0 Å². The lowest BCUT2D eigenvalue weighted by Crippen LogP contribution is -2.44. The zero-order valence-corrected chi connectivity index (χ0v) is 14.8. The van der Waals surface area contributed by atoms with E-state index in [2.05, 4.69) is 0 Å². The van der Waals surface area contributed by atoms with Crippen molar-refractivity contribution in [3.05, 3.63) is 0 Å². The molecular weight excluding hydrogens is 404 g/mol. The molecule has 16 nitrogen and oxygen atoms in total. The Balaban J connectivity index is -0.000000183. The molecule has 1 unspecified atom stereocenters. The second kappa shape index (κ2) is 12.5. The first-order valence-corrected chi connectivity index (χ1v) is 7.29. The molecule has 0 bridgehead atoms. The number of carboxylic acids is 5. The quantitative estimate of drug-likeness (QED) is 0.172. The van der Waals surface area contributed by atoms with Gasteiger partial charge in [-0.1, -0.05) is 0 Å². The fourth-order valence-electron chi connectivity index (χ4n) is 1.18. The minimum Gasteiger partial charge on any atom is -0.550 e. The van der Waals surface area contributed by atoms with Gasteiger partial charge >= 0.3 is 17.9 Å². The first kappa shape index (κ1) is 31.9. The largest absolute Gasteiger partial charge is 0.550 e. The van der Waals surface area contributed by atoms with E-state index >= 15 is 0 Å². The number of carbonyl (C=O) groups is 5. The maximum Gasteiger partial charge on any atom is 0.336 e. The van der Waals surface area contributed by atoms with Crippen molar-refractivity contribution in [3.63, 3.8) is 0 Å². The molecule has 0 heterocycles. The van der Waals surface area contributed by atoms with E-state index in [1.54, 1.807) is 0 Å². The van der Waals surface area contributed by atoms with Gasteiger partial charge in [0.05, 0.1) is 18.8 Å². The first-order chi connectivity index (χ1) is 11.0. The van der Waals surface area contributed by atoms with Gasteiger partial charge in [0, 0.05) is 12.4 Å². The van der Waals surface area contributed by atoms with Crippen molar-refractivity contribution in [1.82, 2.24) is 12.3 Å². The second-order valence-corrected chi connectivity index (χ2v) is 5.98. The molecule has 0 fully saturated rings. The maximum absolute atomic E-state index is 10.3. The van der Waals surface area contributed by atoms with Gasteiger partial charge in [-0.3, -0.25) is 14.1 Å². The Morgan fingerprint density at radius 3 is 1.33 bits per heavy atom. The molecule has 0 saturated carbocycles. The molecule has 0 aliphatic rings. The number of hydrogen-bond acceptors (Lipinski definition) is 10. The number of carboxylic acid groups (broad SMARTS) is 5. The number of aliphatic carboxylic acids is 5. The highest BCUT2D eigenvalue weighted by Crippen LogP contribution is 2.15. The van der Waals surface area contributed by atoms with Crippen molar-refractivity contribution in [2.45, 2.75) is 30.1 Å². The molecule has 0 aliphatic carbocycles. The van der Waals surface area contributed by atoms with Crippen LogP contribution in [0.25, 0.3) is 0 Å². The van der Waals surface area contributed by atoms with Crippen molar-refractivity contribution in [3.8, 4) is 0 Å². The molecule has 13 N–H and O–H groups in total. The molecule has 0 saturated heterocycles. The number of aliphatic hydroxyl groups is 1. The Kier molecular flexibility index (Phi) is 14.7. The van der Waals surface area contributed by atoms with Gasteiger partial charge in [0.15, 0.2) is 5.60 Å². The topological polar surface area (TPSA) is 340 Å². The minimum absolute atomic E-state index is 0. The summed E-state index contributed by atoms with van der Waals surface area (Å²) in [5, 5.41) is 51.1. The highest BCUT2D eigenvalue weighted by Gasteiger charge is 2.40. The Morgan fingerprint density at radius 2 is 1.22 bits per heavy atom. The summed E-state index contributed by atoms with van der Waals surface area (Å²) in [6.07, 6.45) is -3.62. The van der Waals surface area contributed by atoms with E-state index in [0.29, 0.717) is 0 Å². The fraction of sp³-hybridized carbons (Fsp3) is 0.500. The minimum atomic E-state index is -4.94. The molecule has 0 spiro atoms. The summed E-state index contributed by atoms with van der Waals surface area (Å²) in [5.74, 6) is -9.10. The molecule has 27 heavy (non-hydrogen) atoms. The average molecular weight is 424 g/mol. The Morgan fingerprint density at radius 1 is 0.889 bits per heavy atom. The number of carbonyl (C=O) groups excluding carboxylic acids is 2. The molecule has 1 atom stereocenters.